The van der Waals surface area contributed by atoms with Crippen LogP contribution in [0.1, 0.15) is 22.3 Å². The largest absolute Gasteiger partial charge is 0.236 e. The molecule has 1 aliphatic carbocycles. The Morgan fingerprint density at radius 3 is 1.53 bits per heavy atom. The first-order chi connectivity index (χ1) is 28.7. The molecule has 0 saturated heterocycles. The van der Waals surface area contributed by atoms with Gasteiger partial charge in [-0.2, -0.15) is 0 Å². The Kier molecular flexibility index (Phi) is 8.19. The lowest BCUT2D eigenvalue weighted by atomic mass is 9.67. The summed E-state index contributed by atoms with van der Waals surface area (Å²) in [5.74, 6) is 1.89. The molecular weight excluding hydrogens is 725 g/mol. The van der Waals surface area contributed by atoms with E-state index in [0.29, 0.717) is 17.5 Å². The van der Waals surface area contributed by atoms with E-state index in [1.165, 1.54) is 33.4 Å². The Morgan fingerprint density at radius 1 is 0.328 bits per heavy atom. The SMILES string of the molecule is c1ccc(-c2cccc(-c3nc(-c4ccccc4)nc(-c4ccc5nc(-c6ccc7c(c6)C(c6ccccc6)(c6ccccc6)c6ccccc6-7)sc5c4)n3)c2)cc1. The minimum atomic E-state index is -0.470. The molecule has 8 aromatic carbocycles. The lowest BCUT2D eigenvalue weighted by Gasteiger charge is -2.34. The zero-order chi connectivity index (χ0) is 38.5. The van der Waals surface area contributed by atoms with E-state index in [4.69, 9.17) is 19.9 Å². The maximum Gasteiger partial charge on any atom is 0.164 e. The predicted molar refractivity (Wildman–Crippen MR) is 237 cm³/mol. The Balaban J connectivity index is 1.03. The van der Waals surface area contributed by atoms with Gasteiger partial charge in [0.25, 0.3) is 0 Å². The Morgan fingerprint density at radius 2 is 0.845 bits per heavy atom. The summed E-state index contributed by atoms with van der Waals surface area (Å²) < 4.78 is 1.07. The van der Waals surface area contributed by atoms with Crippen LogP contribution in [0.25, 0.3) is 77.2 Å². The summed E-state index contributed by atoms with van der Waals surface area (Å²) in [6.45, 7) is 0. The minimum absolute atomic E-state index is 0.470. The number of benzene rings is 8. The van der Waals surface area contributed by atoms with Gasteiger partial charge in [-0.1, -0.05) is 176 Å². The van der Waals surface area contributed by atoms with E-state index in [1.807, 2.05) is 36.4 Å². The molecule has 2 aromatic heterocycles. The Labute approximate surface area is 340 Å². The second-order valence-corrected chi connectivity index (χ2v) is 15.6. The van der Waals surface area contributed by atoms with Crippen LogP contribution in [0.2, 0.25) is 0 Å². The van der Waals surface area contributed by atoms with Gasteiger partial charge in [0, 0.05) is 22.3 Å². The number of rotatable bonds is 7. The van der Waals surface area contributed by atoms with Crippen LogP contribution in [0.3, 0.4) is 0 Å². The maximum absolute atomic E-state index is 5.22. The molecule has 2 heterocycles. The summed E-state index contributed by atoms with van der Waals surface area (Å²) in [5, 5.41) is 0.972. The van der Waals surface area contributed by atoms with Crippen LogP contribution in [-0.2, 0) is 5.41 Å². The maximum atomic E-state index is 5.22. The first-order valence-electron chi connectivity index (χ1n) is 19.5. The molecule has 10 aromatic rings. The molecule has 0 fully saturated rings. The van der Waals surface area contributed by atoms with E-state index in [0.717, 1.165) is 48.6 Å². The van der Waals surface area contributed by atoms with E-state index in [1.54, 1.807) is 11.3 Å². The summed E-state index contributed by atoms with van der Waals surface area (Å²) in [4.78, 5) is 20.4. The van der Waals surface area contributed by atoms with Gasteiger partial charge >= 0.3 is 0 Å². The minimum Gasteiger partial charge on any atom is -0.236 e. The molecule has 4 nitrogen and oxygen atoms in total. The van der Waals surface area contributed by atoms with E-state index < -0.39 is 5.41 Å². The van der Waals surface area contributed by atoms with Gasteiger partial charge < -0.3 is 0 Å². The van der Waals surface area contributed by atoms with Crippen molar-refractivity contribution in [3.63, 3.8) is 0 Å². The average Bonchev–Trinajstić information content (AvgIpc) is 3.87. The third kappa shape index (κ3) is 5.67. The third-order valence-electron chi connectivity index (χ3n) is 11.2. The van der Waals surface area contributed by atoms with Gasteiger partial charge in [-0.3, -0.25) is 0 Å². The predicted octanol–water partition coefficient (Wildman–Crippen LogP) is 13.2. The standard InChI is InChI=1S/C53H34N4S/c1-5-16-35(17-6-1)37-20-15-21-38(32-37)50-55-49(36-18-7-2-8-19-36)56-51(57-50)39-29-31-47-48(34-39)58-52(54-47)40-28-30-44-43-26-13-14-27-45(43)53(46(44)33-40,41-22-9-3-10-23-41)42-24-11-4-12-25-42/h1-34H. The molecule has 0 unspecified atom stereocenters. The van der Waals surface area contributed by atoms with Gasteiger partial charge in [0.2, 0.25) is 0 Å². The number of thiazole rings is 1. The quantitative estimate of drug-likeness (QED) is 0.162. The van der Waals surface area contributed by atoms with Crippen LogP contribution in [0, 0.1) is 0 Å². The summed E-state index contributed by atoms with van der Waals surface area (Å²) >= 11 is 1.70. The average molecular weight is 759 g/mol. The highest BCUT2D eigenvalue weighted by atomic mass is 32.1. The van der Waals surface area contributed by atoms with Crippen molar-refractivity contribution in [1.29, 1.82) is 0 Å². The van der Waals surface area contributed by atoms with Crippen LogP contribution in [0.15, 0.2) is 206 Å². The van der Waals surface area contributed by atoms with Crippen molar-refractivity contribution in [2.45, 2.75) is 5.41 Å². The lowest BCUT2D eigenvalue weighted by Crippen LogP contribution is -2.28. The van der Waals surface area contributed by atoms with Crippen molar-refractivity contribution < 1.29 is 0 Å². The number of nitrogens with zero attached hydrogens (tertiary/aromatic N) is 4. The summed E-state index contributed by atoms with van der Waals surface area (Å²) in [6, 6.07) is 72.9. The van der Waals surface area contributed by atoms with Gasteiger partial charge in [0.05, 0.1) is 15.6 Å². The Bertz CT molecular complexity index is 3070. The van der Waals surface area contributed by atoms with E-state index >= 15 is 0 Å². The highest BCUT2D eigenvalue weighted by molar-refractivity contribution is 7.21. The molecule has 0 saturated carbocycles. The fourth-order valence-corrected chi connectivity index (χ4v) is 9.58. The summed E-state index contributed by atoms with van der Waals surface area (Å²) in [5.41, 5.74) is 14.2. The topological polar surface area (TPSA) is 51.6 Å². The zero-order valence-electron chi connectivity index (χ0n) is 31.3. The molecule has 0 atom stereocenters. The molecule has 1 aliphatic rings. The first kappa shape index (κ1) is 34.0. The molecular formula is C53H34N4S. The van der Waals surface area contributed by atoms with Crippen LogP contribution in [0.5, 0.6) is 0 Å². The first-order valence-corrected chi connectivity index (χ1v) is 20.3. The highest BCUT2D eigenvalue weighted by Gasteiger charge is 2.46. The van der Waals surface area contributed by atoms with Gasteiger partial charge in [-0.05, 0) is 74.8 Å². The highest BCUT2D eigenvalue weighted by Crippen LogP contribution is 2.56. The lowest BCUT2D eigenvalue weighted by molar-refractivity contribution is 0.769. The fraction of sp³-hybridized carbons (Fsp3) is 0.0189. The monoisotopic (exact) mass is 758 g/mol. The van der Waals surface area contributed by atoms with Crippen LogP contribution >= 0.6 is 11.3 Å². The molecule has 0 radical (unpaired) electrons. The molecule has 0 bridgehead atoms. The van der Waals surface area contributed by atoms with Gasteiger partial charge in [-0.15, -0.1) is 11.3 Å². The second-order valence-electron chi connectivity index (χ2n) is 14.6. The molecule has 272 valence electrons. The summed E-state index contributed by atoms with van der Waals surface area (Å²) in [6.07, 6.45) is 0. The van der Waals surface area contributed by atoms with Crippen LogP contribution in [-0.4, -0.2) is 19.9 Å². The number of hydrogen-bond donors (Lipinski definition) is 0. The fourth-order valence-electron chi connectivity index (χ4n) is 8.58. The smallest absolute Gasteiger partial charge is 0.164 e. The summed E-state index contributed by atoms with van der Waals surface area (Å²) in [7, 11) is 0. The van der Waals surface area contributed by atoms with Crippen molar-refractivity contribution in [2.24, 2.45) is 0 Å². The molecule has 5 heteroatoms. The van der Waals surface area contributed by atoms with Crippen molar-refractivity contribution in [3.05, 3.63) is 229 Å². The molecule has 0 spiro atoms. The van der Waals surface area contributed by atoms with Gasteiger partial charge in [-0.25, -0.2) is 19.9 Å². The number of aromatic nitrogens is 4. The number of hydrogen-bond acceptors (Lipinski definition) is 5. The van der Waals surface area contributed by atoms with Crippen molar-refractivity contribution in [3.8, 4) is 67.0 Å². The third-order valence-corrected chi connectivity index (χ3v) is 12.3. The van der Waals surface area contributed by atoms with Crippen molar-refractivity contribution >= 4 is 21.6 Å². The van der Waals surface area contributed by atoms with E-state index in [-0.39, 0.29) is 0 Å². The second kappa shape index (κ2) is 14.0. The molecule has 0 aliphatic heterocycles. The molecule has 58 heavy (non-hydrogen) atoms. The van der Waals surface area contributed by atoms with Crippen molar-refractivity contribution in [2.75, 3.05) is 0 Å². The van der Waals surface area contributed by atoms with Crippen LogP contribution < -0.4 is 0 Å². The van der Waals surface area contributed by atoms with E-state index in [2.05, 4.69) is 170 Å². The molecule has 11 rings (SSSR count). The molecule has 0 amide bonds. The van der Waals surface area contributed by atoms with Gasteiger partial charge in [0.1, 0.15) is 5.01 Å². The van der Waals surface area contributed by atoms with Crippen LogP contribution in [0.4, 0.5) is 0 Å². The zero-order valence-corrected chi connectivity index (χ0v) is 32.1. The van der Waals surface area contributed by atoms with Crippen molar-refractivity contribution in [1.82, 2.24) is 19.9 Å². The molecule has 0 N–H and O–H groups in total. The Hall–Kier alpha value is -7.34. The van der Waals surface area contributed by atoms with Gasteiger partial charge in [0.15, 0.2) is 17.5 Å². The number of fused-ring (bicyclic) bond motifs is 4. The van der Waals surface area contributed by atoms with E-state index in [9.17, 15) is 0 Å². The normalized spacial score (nSPS) is 12.6.